The number of fused-ring (bicyclic) bond motifs is 1. The van der Waals surface area contributed by atoms with Crippen LogP contribution in [0.5, 0.6) is 5.75 Å². The molecule has 1 atom stereocenters. The highest BCUT2D eigenvalue weighted by Gasteiger charge is 2.15. The zero-order chi connectivity index (χ0) is 18.4. The predicted octanol–water partition coefficient (Wildman–Crippen LogP) is 4.50. The van der Waals surface area contributed by atoms with Crippen molar-refractivity contribution in [1.29, 1.82) is 0 Å². The van der Waals surface area contributed by atoms with E-state index in [0.717, 1.165) is 29.2 Å². The number of aryl methyl sites for hydroxylation is 1. The molecule has 4 heteroatoms. The van der Waals surface area contributed by atoms with E-state index in [2.05, 4.69) is 5.32 Å². The Labute approximate surface area is 152 Å². The first-order valence-corrected chi connectivity index (χ1v) is 8.80. The van der Waals surface area contributed by atoms with Crippen LogP contribution in [0.3, 0.4) is 0 Å². The molecule has 0 radical (unpaired) electrons. The summed E-state index contributed by atoms with van der Waals surface area (Å²) < 4.78 is 18.7. The van der Waals surface area contributed by atoms with Crippen molar-refractivity contribution in [1.82, 2.24) is 5.32 Å². The summed E-state index contributed by atoms with van der Waals surface area (Å²) in [5.74, 6) is 0.329. The Bertz CT molecular complexity index is 871. The van der Waals surface area contributed by atoms with Crippen LogP contribution in [0.25, 0.3) is 10.8 Å². The highest BCUT2D eigenvalue weighted by atomic mass is 19.1. The zero-order valence-corrected chi connectivity index (χ0v) is 14.7. The molecule has 3 nitrogen and oxygen atoms in total. The molecular formula is C22H22FNO2. The molecule has 0 spiro atoms. The molecule has 3 aromatic rings. The largest absolute Gasteiger partial charge is 0.480 e. The van der Waals surface area contributed by atoms with E-state index in [-0.39, 0.29) is 11.7 Å². The number of carbonyl (C=O) groups is 1. The summed E-state index contributed by atoms with van der Waals surface area (Å²) in [6.07, 6.45) is 1.00. The third kappa shape index (κ3) is 4.60. The Hall–Kier alpha value is -2.88. The van der Waals surface area contributed by atoms with Crippen LogP contribution in [0.2, 0.25) is 0 Å². The fraction of sp³-hybridized carbons (Fsp3) is 0.227. The second-order valence-electron chi connectivity index (χ2n) is 6.26. The van der Waals surface area contributed by atoms with Crippen LogP contribution in [0.4, 0.5) is 4.39 Å². The van der Waals surface area contributed by atoms with Crippen molar-refractivity contribution in [3.05, 3.63) is 78.1 Å². The van der Waals surface area contributed by atoms with E-state index in [4.69, 9.17) is 4.74 Å². The number of ether oxygens (including phenoxy) is 1. The molecule has 0 aliphatic heterocycles. The quantitative estimate of drug-likeness (QED) is 0.637. The average Bonchev–Trinajstić information content (AvgIpc) is 2.66. The first-order valence-electron chi connectivity index (χ1n) is 8.80. The van der Waals surface area contributed by atoms with Crippen molar-refractivity contribution in [3.8, 4) is 5.75 Å². The smallest absolute Gasteiger partial charge is 0.260 e. The number of carbonyl (C=O) groups excluding carboxylic acids is 1. The van der Waals surface area contributed by atoms with Gasteiger partial charge in [0.1, 0.15) is 11.6 Å². The van der Waals surface area contributed by atoms with Gasteiger partial charge in [0.05, 0.1) is 0 Å². The Morgan fingerprint density at radius 2 is 1.77 bits per heavy atom. The maximum absolute atomic E-state index is 12.9. The number of hydrogen-bond acceptors (Lipinski definition) is 2. The van der Waals surface area contributed by atoms with Crippen molar-refractivity contribution in [3.63, 3.8) is 0 Å². The van der Waals surface area contributed by atoms with Gasteiger partial charge in [0.15, 0.2) is 6.10 Å². The van der Waals surface area contributed by atoms with E-state index in [9.17, 15) is 9.18 Å². The molecule has 0 fully saturated rings. The van der Waals surface area contributed by atoms with Crippen molar-refractivity contribution < 1.29 is 13.9 Å². The molecule has 1 N–H and O–H groups in total. The minimum atomic E-state index is -0.577. The molecule has 0 saturated carbocycles. The van der Waals surface area contributed by atoms with Crippen molar-refractivity contribution in [2.24, 2.45) is 0 Å². The van der Waals surface area contributed by atoms with Crippen LogP contribution < -0.4 is 10.1 Å². The van der Waals surface area contributed by atoms with Crippen molar-refractivity contribution in [2.75, 3.05) is 6.54 Å². The summed E-state index contributed by atoms with van der Waals surface area (Å²) in [6, 6.07) is 20.2. The number of hydrogen-bond donors (Lipinski definition) is 1. The minimum Gasteiger partial charge on any atom is -0.480 e. The van der Waals surface area contributed by atoms with E-state index in [0.29, 0.717) is 12.3 Å². The lowest BCUT2D eigenvalue weighted by Gasteiger charge is -2.16. The monoisotopic (exact) mass is 351 g/mol. The highest BCUT2D eigenvalue weighted by Crippen LogP contribution is 2.26. The normalized spacial score (nSPS) is 11.9. The Balaban J connectivity index is 1.49. The van der Waals surface area contributed by atoms with Gasteiger partial charge in [0.2, 0.25) is 0 Å². The summed E-state index contributed by atoms with van der Waals surface area (Å²) >= 11 is 0. The molecule has 1 unspecified atom stereocenters. The van der Waals surface area contributed by atoms with Crippen LogP contribution in [0.15, 0.2) is 66.7 Å². The van der Waals surface area contributed by atoms with E-state index in [1.54, 1.807) is 19.1 Å². The topological polar surface area (TPSA) is 38.3 Å². The van der Waals surface area contributed by atoms with Crippen LogP contribution in [0, 0.1) is 5.82 Å². The molecule has 0 heterocycles. The molecular weight excluding hydrogens is 329 g/mol. The zero-order valence-electron chi connectivity index (χ0n) is 14.7. The summed E-state index contributed by atoms with van der Waals surface area (Å²) in [5.41, 5.74) is 1.06. The van der Waals surface area contributed by atoms with Crippen molar-refractivity contribution in [2.45, 2.75) is 25.9 Å². The first kappa shape index (κ1) is 17.9. The SMILES string of the molecule is CC(Oc1cccc2ccccc12)C(=O)NCCCc1ccc(F)cc1. The fourth-order valence-electron chi connectivity index (χ4n) is 2.84. The van der Waals surface area contributed by atoms with Gasteiger partial charge >= 0.3 is 0 Å². The van der Waals surface area contributed by atoms with E-state index in [1.165, 1.54) is 12.1 Å². The van der Waals surface area contributed by atoms with E-state index < -0.39 is 6.10 Å². The van der Waals surface area contributed by atoms with Gasteiger partial charge in [-0.05, 0) is 48.9 Å². The van der Waals surface area contributed by atoms with Gasteiger partial charge < -0.3 is 10.1 Å². The molecule has 0 saturated heterocycles. The van der Waals surface area contributed by atoms with Crippen LogP contribution in [0.1, 0.15) is 18.9 Å². The summed E-state index contributed by atoms with van der Waals surface area (Å²) in [4.78, 5) is 12.3. The lowest BCUT2D eigenvalue weighted by atomic mass is 10.1. The van der Waals surface area contributed by atoms with Gasteiger partial charge in [-0.3, -0.25) is 4.79 Å². The Morgan fingerprint density at radius 1 is 1.04 bits per heavy atom. The van der Waals surface area contributed by atoms with Gasteiger partial charge in [0, 0.05) is 11.9 Å². The second kappa shape index (κ2) is 8.48. The van der Waals surface area contributed by atoms with Crippen LogP contribution in [-0.2, 0) is 11.2 Å². The number of benzene rings is 3. The molecule has 0 aliphatic rings. The lowest BCUT2D eigenvalue weighted by molar-refractivity contribution is -0.127. The highest BCUT2D eigenvalue weighted by molar-refractivity contribution is 5.89. The van der Waals surface area contributed by atoms with E-state index >= 15 is 0 Å². The third-order valence-corrected chi connectivity index (χ3v) is 4.28. The summed E-state index contributed by atoms with van der Waals surface area (Å²) in [5, 5.41) is 4.97. The summed E-state index contributed by atoms with van der Waals surface area (Å²) in [7, 11) is 0. The van der Waals surface area contributed by atoms with Gasteiger partial charge in [0.25, 0.3) is 5.91 Å². The average molecular weight is 351 g/mol. The number of halogens is 1. The van der Waals surface area contributed by atoms with Gasteiger partial charge in [-0.15, -0.1) is 0 Å². The second-order valence-corrected chi connectivity index (χ2v) is 6.26. The van der Waals surface area contributed by atoms with Gasteiger partial charge in [-0.2, -0.15) is 0 Å². The molecule has 3 aromatic carbocycles. The summed E-state index contributed by atoms with van der Waals surface area (Å²) in [6.45, 7) is 2.30. The van der Waals surface area contributed by atoms with Crippen molar-refractivity contribution >= 4 is 16.7 Å². The standard InChI is InChI=1S/C22H22FNO2/c1-16(26-21-10-4-8-18-7-2-3-9-20(18)21)22(25)24-15-5-6-17-11-13-19(23)14-12-17/h2-4,7-14,16H,5-6,15H2,1H3,(H,24,25). The number of amides is 1. The first-order chi connectivity index (χ1) is 12.6. The molecule has 1 amide bonds. The van der Waals surface area contributed by atoms with Crippen LogP contribution in [-0.4, -0.2) is 18.6 Å². The van der Waals surface area contributed by atoms with E-state index in [1.807, 2.05) is 42.5 Å². The van der Waals surface area contributed by atoms with Gasteiger partial charge in [-0.25, -0.2) is 4.39 Å². The Kier molecular flexibility index (Phi) is 5.84. The maximum Gasteiger partial charge on any atom is 0.260 e. The molecule has 0 aromatic heterocycles. The van der Waals surface area contributed by atoms with Crippen LogP contribution >= 0.6 is 0 Å². The molecule has 0 bridgehead atoms. The predicted molar refractivity (Wildman–Crippen MR) is 102 cm³/mol. The molecule has 134 valence electrons. The van der Waals surface area contributed by atoms with Gasteiger partial charge in [-0.1, -0.05) is 48.5 Å². The minimum absolute atomic E-state index is 0.142. The molecule has 0 aliphatic carbocycles. The number of nitrogens with one attached hydrogen (secondary N) is 1. The molecule has 3 rings (SSSR count). The fourth-order valence-corrected chi connectivity index (χ4v) is 2.84. The maximum atomic E-state index is 12.9. The Morgan fingerprint density at radius 3 is 2.58 bits per heavy atom. The molecule has 26 heavy (non-hydrogen) atoms. The number of rotatable bonds is 7. The lowest BCUT2D eigenvalue weighted by Crippen LogP contribution is -2.37. The third-order valence-electron chi connectivity index (χ3n) is 4.28.